The van der Waals surface area contributed by atoms with Crippen LogP contribution >= 0.6 is 0 Å². The summed E-state index contributed by atoms with van der Waals surface area (Å²) in [6, 6.07) is 9.82. The molecule has 0 bridgehead atoms. The highest BCUT2D eigenvalue weighted by molar-refractivity contribution is 5.79. The van der Waals surface area contributed by atoms with Crippen LogP contribution in [0, 0.1) is 0 Å². The van der Waals surface area contributed by atoms with Crippen LogP contribution in [0.5, 0.6) is 0 Å². The van der Waals surface area contributed by atoms with Gasteiger partial charge in [-0.1, -0.05) is 19.1 Å². The number of morpholine rings is 1. The number of aromatic nitrogens is 1. The molecule has 4 nitrogen and oxygen atoms in total. The standard InChI is InChI=1S/C16H20N2O2/c1-2-18-8-9-20-15(11-18)16(19)13-5-6-14-12(10-13)4-3-7-17-14/h3-7,10,15-16,19H,2,8-9,11H2,1H3. The van der Waals surface area contributed by atoms with E-state index in [4.69, 9.17) is 4.74 Å². The van der Waals surface area contributed by atoms with E-state index < -0.39 is 6.10 Å². The maximum absolute atomic E-state index is 10.5. The number of aliphatic hydroxyl groups is 1. The van der Waals surface area contributed by atoms with Gasteiger partial charge in [-0.2, -0.15) is 0 Å². The topological polar surface area (TPSA) is 45.6 Å². The minimum absolute atomic E-state index is 0.155. The molecule has 2 unspecified atom stereocenters. The van der Waals surface area contributed by atoms with Crippen molar-refractivity contribution in [2.75, 3.05) is 26.2 Å². The van der Waals surface area contributed by atoms with E-state index in [0.29, 0.717) is 6.61 Å². The predicted molar refractivity (Wildman–Crippen MR) is 78.6 cm³/mol. The largest absolute Gasteiger partial charge is 0.386 e. The molecule has 1 saturated heterocycles. The van der Waals surface area contributed by atoms with E-state index >= 15 is 0 Å². The third-order valence-electron chi connectivity index (χ3n) is 3.95. The van der Waals surface area contributed by atoms with Crippen LogP contribution in [0.3, 0.4) is 0 Å². The molecular formula is C16H20N2O2. The fraction of sp³-hybridized carbons (Fsp3) is 0.438. The Labute approximate surface area is 119 Å². The Balaban J connectivity index is 1.82. The zero-order valence-electron chi connectivity index (χ0n) is 11.7. The lowest BCUT2D eigenvalue weighted by Gasteiger charge is -2.34. The smallest absolute Gasteiger partial charge is 0.106 e. The minimum atomic E-state index is -0.589. The summed E-state index contributed by atoms with van der Waals surface area (Å²) in [5, 5.41) is 11.6. The summed E-state index contributed by atoms with van der Waals surface area (Å²) in [4.78, 5) is 6.60. The number of rotatable bonds is 3. The predicted octanol–water partition coefficient (Wildman–Crippen LogP) is 1.99. The molecule has 3 rings (SSSR count). The number of likely N-dealkylation sites (N-methyl/N-ethyl adjacent to an activating group) is 1. The second-order valence-electron chi connectivity index (χ2n) is 5.20. The maximum atomic E-state index is 10.5. The lowest BCUT2D eigenvalue weighted by molar-refractivity contribution is -0.0888. The highest BCUT2D eigenvalue weighted by Gasteiger charge is 2.27. The fourth-order valence-corrected chi connectivity index (χ4v) is 2.70. The Morgan fingerprint density at radius 3 is 3.20 bits per heavy atom. The molecule has 1 N–H and O–H groups in total. The number of aliphatic hydroxyl groups excluding tert-OH is 1. The summed E-state index contributed by atoms with van der Waals surface area (Å²) >= 11 is 0. The van der Waals surface area contributed by atoms with E-state index in [1.54, 1.807) is 6.20 Å². The van der Waals surface area contributed by atoms with Gasteiger partial charge in [0.2, 0.25) is 0 Å². The Morgan fingerprint density at radius 2 is 2.35 bits per heavy atom. The van der Waals surface area contributed by atoms with Crippen molar-refractivity contribution < 1.29 is 9.84 Å². The van der Waals surface area contributed by atoms with Gasteiger partial charge < -0.3 is 9.84 Å². The summed E-state index contributed by atoms with van der Waals surface area (Å²) in [6.45, 7) is 5.54. The van der Waals surface area contributed by atoms with Crippen molar-refractivity contribution in [3.05, 3.63) is 42.1 Å². The van der Waals surface area contributed by atoms with Gasteiger partial charge in [0.15, 0.2) is 0 Å². The van der Waals surface area contributed by atoms with Gasteiger partial charge in [-0.25, -0.2) is 0 Å². The molecule has 0 amide bonds. The highest BCUT2D eigenvalue weighted by Crippen LogP contribution is 2.25. The monoisotopic (exact) mass is 272 g/mol. The van der Waals surface area contributed by atoms with E-state index in [2.05, 4.69) is 16.8 Å². The first kappa shape index (κ1) is 13.5. The van der Waals surface area contributed by atoms with Crippen molar-refractivity contribution in [1.82, 2.24) is 9.88 Å². The molecule has 0 aliphatic carbocycles. The van der Waals surface area contributed by atoms with Gasteiger partial charge in [0, 0.05) is 24.7 Å². The molecule has 1 fully saturated rings. The molecule has 2 aromatic rings. The fourth-order valence-electron chi connectivity index (χ4n) is 2.70. The van der Waals surface area contributed by atoms with E-state index in [1.807, 2.05) is 30.3 Å². The van der Waals surface area contributed by atoms with Crippen LogP contribution in [-0.2, 0) is 4.74 Å². The van der Waals surface area contributed by atoms with E-state index in [9.17, 15) is 5.11 Å². The number of hydrogen-bond acceptors (Lipinski definition) is 4. The Morgan fingerprint density at radius 1 is 1.45 bits per heavy atom. The van der Waals surface area contributed by atoms with E-state index in [1.165, 1.54) is 0 Å². The molecule has 1 aliphatic rings. The van der Waals surface area contributed by atoms with Crippen molar-refractivity contribution in [3.8, 4) is 0 Å². The summed E-state index contributed by atoms with van der Waals surface area (Å²) in [5.41, 5.74) is 1.84. The van der Waals surface area contributed by atoms with Crippen molar-refractivity contribution in [3.63, 3.8) is 0 Å². The lowest BCUT2D eigenvalue weighted by atomic mass is 10.0. The Bertz CT molecular complexity index is 587. The van der Waals surface area contributed by atoms with Gasteiger partial charge in [-0.3, -0.25) is 9.88 Å². The number of ether oxygens (including phenoxy) is 1. The summed E-state index contributed by atoms with van der Waals surface area (Å²) in [6.07, 6.45) is 1.04. The first-order chi connectivity index (χ1) is 9.78. The normalized spacial score (nSPS) is 22.0. The summed E-state index contributed by atoms with van der Waals surface area (Å²) < 4.78 is 5.73. The van der Waals surface area contributed by atoms with Crippen LogP contribution in [0.15, 0.2) is 36.5 Å². The van der Waals surface area contributed by atoms with Crippen molar-refractivity contribution in [2.24, 2.45) is 0 Å². The molecule has 0 saturated carbocycles. The van der Waals surface area contributed by atoms with Crippen LogP contribution in [-0.4, -0.2) is 47.3 Å². The molecule has 4 heteroatoms. The molecule has 1 aromatic carbocycles. The SMILES string of the molecule is CCN1CCOC(C(O)c2ccc3ncccc3c2)C1. The number of benzene rings is 1. The van der Waals surface area contributed by atoms with Crippen LogP contribution in [0.4, 0.5) is 0 Å². The maximum Gasteiger partial charge on any atom is 0.106 e. The number of pyridine rings is 1. The number of nitrogens with zero attached hydrogens (tertiary/aromatic N) is 2. The average molecular weight is 272 g/mol. The number of fused-ring (bicyclic) bond motifs is 1. The van der Waals surface area contributed by atoms with Crippen LogP contribution < -0.4 is 0 Å². The molecule has 0 radical (unpaired) electrons. The van der Waals surface area contributed by atoms with E-state index in [0.717, 1.165) is 36.1 Å². The molecule has 2 atom stereocenters. The molecule has 1 aromatic heterocycles. The third kappa shape index (κ3) is 2.68. The van der Waals surface area contributed by atoms with Crippen molar-refractivity contribution >= 4 is 10.9 Å². The molecule has 0 spiro atoms. The van der Waals surface area contributed by atoms with Crippen molar-refractivity contribution in [1.29, 1.82) is 0 Å². The van der Waals surface area contributed by atoms with Gasteiger partial charge in [0.05, 0.1) is 12.1 Å². The lowest BCUT2D eigenvalue weighted by Crippen LogP contribution is -2.44. The quantitative estimate of drug-likeness (QED) is 0.928. The Kier molecular flexibility index (Phi) is 3.96. The first-order valence-electron chi connectivity index (χ1n) is 7.14. The van der Waals surface area contributed by atoms with Gasteiger partial charge in [0.25, 0.3) is 0 Å². The second kappa shape index (κ2) is 5.87. The molecule has 2 heterocycles. The van der Waals surface area contributed by atoms with Crippen LogP contribution in [0.2, 0.25) is 0 Å². The molecular weight excluding hydrogens is 252 g/mol. The summed E-state index contributed by atoms with van der Waals surface area (Å²) in [7, 11) is 0. The average Bonchev–Trinajstić information content (AvgIpc) is 2.53. The van der Waals surface area contributed by atoms with Gasteiger partial charge in [0.1, 0.15) is 12.2 Å². The molecule has 106 valence electrons. The third-order valence-corrected chi connectivity index (χ3v) is 3.95. The van der Waals surface area contributed by atoms with Gasteiger partial charge in [-0.05, 0) is 30.3 Å². The zero-order chi connectivity index (χ0) is 13.9. The van der Waals surface area contributed by atoms with Crippen LogP contribution in [0.1, 0.15) is 18.6 Å². The molecule has 1 aliphatic heterocycles. The van der Waals surface area contributed by atoms with Gasteiger partial charge in [-0.15, -0.1) is 0 Å². The minimum Gasteiger partial charge on any atom is -0.386 e. The molecule has 20 heavy (non-hydrogen) atoms. The second-order valence-corrected chi connectivity index (χ2v) is 5.20. The van der Waals surface area contributed by atoms with Gasteiger partial charge >= 0.3 is 0 Å². The van der Waals surface area contributed by atoms with Crippen LogP contribution in [0.25, 0.3) is 10.9 Å². The number of hydrogen-bond donors (Lipinski definition) is 1. The zero-order valence-corrected chi connectivity index (χ0v) is 11.7. The first-order valence-corrected chi connectivity index (χ1v) is 7.14. The Hall–Kier alpha value is -1.49. The summed E-state index contributed by atoms with van der Waals surface area (Å²) in [5.74, 6) is 0. The highest BCUT2D eigenvalue weighted by atomic mass is 16.5. The van der Waals surface area contributed by atoms with Crippen molar-refractivity contribution in [2.45, 2.75) is 19.1 Å². The van der Waals surface area contributed by atoms with E-state index in [-0.39, 0.29) is 6.10 Å².